The maximum atomic E-state index is 11.0. The van der Waals surface area contributed by atoms with Gasteiger partial charge in [0.25, 0.3) is 0 Å². The quantitative estimate of drug-likeness (QED) is 0.122. The van der Waals surface area contributed by atoms with E-state index in [4.69, 9.17) is 5.53 Å². The highest BCUT2D eigenvalue weighted by molar-refractivity contribution is 6.25. The molecule has 0 bridgehead atoms. The molecular weight excluding hydrogens is 260 g/mol. The van der Waals surface area contributed by atoms with Crippen LogP contribution in [0.2, 0.25) is 0 Å². The van der Waals surface area contributed by atoms with Gasteiger partial charge < -0.3 is 5.53 Å². The lowest BCUT2D eigenvalue weighted by molar-refractivity contribution is -0.116. The van der Waals surface area contributed by atoms with Gasteiger partial charge in [-0.2, -0.15) is 4.79 Å². The average molecular weight is 292 g/mol. The van der Waals surface area contributed by atoms with Crippen molar-refractivity contribution in [3.8, 4) is 0 Å². The van der Waals surface area contributed by atoms with E-state index in [1.807, 2.05) is 6.08 Å². The Morgan fingerprint density at radius 1 is 0.810 bits per heavy atom. The standard InChI is InChI=1S/C18H32N2O/c1-2-3-4-5-6-7-8-9-10-11-12-13-14-15-16-18(21)17-20-19/h2,17H,1,3-16H2. The summed E-state index contributed by atoms with van der Waals surface area (Å²) in [7, 11) is 0. The molecule has 0 aromatic rings. The molecule has 0 aliphatic heterocycles. The van der Waals surface area contributed by atoms with Gasteiger partial charge in [0.05, 0.1) is 0 Å². The Labute approximate surface area is 130 Å². The lowest BCUT2D eigenvalue weighted by Gasteiger charge is -2.02. The number of ketones is 1. The first kappa shape index (κ1) is 19.8. The van der Waals surface area contributed by atoms with Gasteiger partial charge in [0.15, 0.2) is 0 Å². The second-order valence-electron chi connectivity index (χ2n) is 5.78. The molecule has 0 aliphatic rings. The van der Waals surface area contributed by atoms with Crippen molar-refractivity contribution in [2.45, 2.75) is 89.9 Å². The second kappa shape index (κ2) is 16.8. The van der Waals surface area contributed by atoms with Crippen molar-refractivity contribution in [2.75, 3.05) is 0 Å². The second-order valence-corrected chi connectivity index (χ2v) is 5.78. The molecule has 120 valence electrons. The van der Waals surface area contributed by atoms with Crippen LogP contribution < -0.4 is 0 Å². The van der Waals surface area contributed by atoms with E-state index in [9.17, 15) is 4.79 Å². The number of Topliss-reactive ketones (excluding diaryl/α,β-unsaturated/α-hetero) is 1. The van der Waals surface area contributed by atoms with Crippen molar-refractivity contribution in [3.63, 3.8) is 0 Å². The molecule has 0 N–H and O–H groups in total. The van der Waals surface area contributed by atoms with Gasteiger partial charge in [-0.25, -0.2) is 0 Å². The van der Waals surface area contributed by atoms with Crippen molar-refractivity contribution >= 4 is 12.0 Å². The number of allylic oxidation sites excluding steroid dienone is 1. The van der Waals surface area contributed by atoms with Crippen LogP contribution in [0.3, 0.4) is 0 Å². The molecule has 0 aromatic carbocycles. The summed E-state index contributed by atoms with van der Waals surface area (Å²) in [5, 5.41) is 0. The first-order valence-corrected chi connectivity index (χ1v) is 8.62. The van der Waals surface area contributed by atoms with E-state index in [0.29, 0.717) is 6.42 Å². The van der Waals surface area contributed by atoms with Gasteiger partial charge in [0, 0.05) is 6.42 Å². The van der Waals surface area contributed by atoms with Crippen LogP contribution in [-0.2, 0) is 4.79 Å². The van der Waals surface area contributed by atoms with Gasteiger partial charge in [-0.15, -0.1) is 6.58 Å². The van der Waals surface area contributed by atoms with Gasteiger partial charge >= 0.3 is 6.21 Å². The SMILES string of the molecule is C=CCCCCCCCCCCCCCCC(=O)C=[N+]=[N-]. The lowest BCUT2D eigenvalue weighted by Crippen LogP contribution is -1.99. The van der Waals surface area contributed by atoms with Crippen LogP contribution in [0.1, 0.15) is 89.9 Å². The summed E-state index contributed by atoms with van der Waals surface area (Å²) in [5.74, 6) is -0.0782. The van der Waals surface area contributed by atoms with Crippen LogP contribution in [0.5, 0.6) is 0 Å². The van der Waals surface area contributed by atoms with Crippen LogP contribution in [0.15, 0.2) is 12.7 Å². The number of hydrogen-bond donors (Lipinski definition) is 0. The summed E-state index contributed by atoms with van der Waals surface area (Å²) in [6, 6.07) is 0. The van der Waals surface area contributed by atoms with Gasteiger partial charge in [-0.1, -0.05) is 70.3 Å². The highest BCUT2D eigenvalue weighted by atomic mass is 16.1. The van der Waals surface area contributed by atoms with Gasteiger partial charge in [-0.05, 0) is 19.3 Å². The number of rotatable bonds is 16. The molecule has 0 spiro atoms. The number of unbranched alkanes of at least 4 members (excludes halogenated alkanes) is 12. The zero-order valence-corrected chi connectivity index (χ0v) is 13.6. The summed E-state index contributed by atoms with van der Waals surface area (Å²) in [6.07, 6.45) is 20.0. The highest BCUT2D eigenvalue weighted by Gasteiger charge is 2.01. The Morgan fingerprint density at radius 2 is 1.24 bits per heavy atom. The van der Waals surface area contributed by atoms with Gasteiger partial charge in [0.2, 0.25) is 5.78 Å². The Kier molecular flexibility index (Phi) is 15.9. The molecule has 0 aliphatic carbocycles. The number of carbonyl (C=O) groups excluding carboxylic acids is 1. The molecule has 0 fully saturated rings. The fourth-order valence-corrected chi connectivity index (χ4v) is 2.48. The summed E-state index contributed by atoms with van der Waals surface area (Å²) in [5.41, 5.74) is 8.20. The predicted octanol–water partition coefficient (Wildman–Crippen LogP) is 5.50. The van der Waals surface area contributed by atoms with Crippen molar-refractivity contribution in [2.24, 2.45) is 0 Å². The van der Waals surface area contributed by atoms with Crippen LogP contribution in [-0.4, -0.2) is 16.8 Å². The van der Waals surface area contributed by atoms with E-state index in [2.05, 4.69) is 11.4 Å². The molecule has 0 rings (SSSR count). The minimum atomic E-state index is -0.0782. The minimum Gasteiger partial charge on any atom is -0.361 e. The first-order valence-electron chi connectivity index (χ1n) is 8.62. The van der Waals surface area contributed by atoms with Crippen molar-refractivity contribution in [1.29, 1.82) is 0 Å². The number of nitrogens with zero attached hydrogens (tertiary/aromatic N) is 2. The molecule has 0 amide bonds. The highest BCUT2D eigenvalue weighted by Crippen LogP contribution is 2.12. The van der Waals surface area contributed by atoms with E-state index in [1.165, 1.54) is 70.6 Å². The van der Waals surface area contributed by atoms with Gasteiger partial charge in [0.1, 0.15) is 0 Å². The lowest BCUT2D eigenvalue weighted by atomic mass is 10.0. The molecule has 3 heteroatoms. The van der Waals surface area contributed by atoms with Gasteiger partial charge in [-0.3, -0.25) is 4.79 Å². The topological polar surface area (TPSA) is 53.5 Å². The van der Waals surface area contributed by atoms with E-state index in [1.54, 1.807) is 0 Å². The third-order valence-electron chi connectivity index (χ3n) is 3.78. The van der Waals surface area contributed by atoms with Crippen LogP contribution in [0.25, 0.3) is 5.53 Å². The normalized spacial score (nSPS) is 10.1. The van der Waals surface area contributed by atoms with Crippen LogP contribution in [0, 0.1) is 0 Å². The molecule has 0 atom stereocenters. The third kappa shape index (κ3) is 16.7. The fourth-order valence-electron chi connectivity index (χ4n) is 2.48. The Morgan fingerprint density at radius 3 is 1.67 bits per heavy atom. The predicted molar refractivity (Wildman–Crippen MR) is 89.5 cm³/mol. The summed E-state index contributed by atoms with van der Waals surface area (Å²) >= 11 is 0. The monoisotopic (exact) mass is 292 g/mol. The van der Waals surface area contributed by atoms with Crippen molar-refractivity contribution in [3.05, 3.63) is 18.2 Å². The molecule has 0 radical (unpaired) electrons. The van der Waals surface area contributed by atoms with Crippen LogP contribution in [0.4, 0.5) is 0 Å². The molecule has 0 heterocycles. The van der Waals surface area contributed by atoms with Crippen LogP contribution >= 0.6 is 0 Å². The van der Waals surface area contributed by atoms with Crippen molar-refractivity contribution < 1.29 is 9.58 Å². The Balaban J connectivity index is 3.07. The largest absolute Gasteiger partial charge is 0.361 e. The molecule has 0 unspecified atom stereocenters. The summed E-state index contributed by atoms with van der Waals surface area (Å²) < 4.78 is 0. The molecular formula is C18H32N2O. The molecule has 3 nitrogen and oxygen atoms in total. The Hall–Kier alpha value is -1.21. The van der Waals surface area contributed by atoms with E-state index in [-0.39, 0.29) is 5.78 Å². The van der Waals surface area contributed by atoms with E-state index < -0.39 is 0 Å². The molecule has 0 aromatic heterocycles. The van der Waals surface area contributed by atoms with E-state index >= 15 is 0 Å². The van der Waals surface area contributed by atoms with E-state index in [0.717, 1.165) is 19.1 Å². The third-order valence-corrected chi connectivity index (χ3v) is 3.78. The zero-order valence-electron chi connectivity index (χ0n) is 13.6. The number of carbonyl (C=O) groups is 1. The Bertz CT molecular complexity index is 306. The zero-order chi connectivity index (χ0) is 15.6. The maximum absolute atomic E-state index is 11.0. The maximum Gasteiger partial charge on any atom is 0.323 e. The first-order chi connectivity index (χ1) is 10.3. The van der Waals surface area contributed by atoms with Crippen molar-refractivity contribution in [1.82, 2.24) is 0 Å². The molecule has 0 saturated carbocycles. The molecule has 21 heavy (non-hydrogen) atoms. The summed E-state index contributed by atoms with van der Waals surface area (Å²) in [4.78, 5) is 13.8. The number of hydrogen-bond acceptors (Lipinski definition) is 1. The summed E-state index contributed by atoms with van der Waals surface area (Å²) in [6.45, 7) is 3.74. The average Bonchev–Trinajstić information content (AvgIpc) is 2.48. The fraction of sp³-hybridized carbons (Fsp3) is 0.778. The minimum absolute atomic E-state index is 0.0782. The smallest absolute Gasteiger partial charge is 0.323 e. The molecule has 0 saturated heterocycles.